The Hall–Kier alpha value is -3.04. The maximum absolute atomic E-state index is 12.1. The zero-order valence-electron chi connectivity index (χ0n) is 12.4. The predicted octanol–water partition coefficient (Wildman–Crippen LogP) is 1.73. The van der Waals surface area contributed by atoms with Crippen LogP contribution in [-0.4, -0.2) is 32.9 Å². The van der Waals surface area contributed by atoms with Crippen molar-refractivity contribution in [2.45, 2.75) is 26.3 Å². The van der Waals surface area contributed by atoms with E-state index < -0.39 is 44.7 Å². The Morgan fingerprint density at radius 2 is 1.83 bits per heavy atom. The van der Waals surface area contributed by atoms with Crippen molar-refractivity contribution in [2.24, 2.45) is 5.92 Å². The molecule has 124 valence electrons. The van der Waals surface area contributed by atoms with Crippen LogP contribution in [-0.2, 0) is 4.79 Å². The number of carboxylic acid groups (broad SMARTS) is 1. The number of hydrogen-bond donors (Lipinski definition) is 2. The maximum atomic E-state index is 12.1. The molecule has 0 bridgehead atoms. The fourth-order valence-electron chi connectivity index (χ4n) is 1.98. The van der Waals surface area contributed by atoms with Crippen molar-refractivity contribution in [2.75, 3.05) is 0 Å². The molecule has 1 aromatic rings. The van der Waals surface area contributed by atoms with Crippen LogP contribution in [0.15, 0.2) is 18.2 Å². The van der Waals surface area contributed by atoms with Gasteiger partial charge in [0.15, 0.2) is 0 Å². The Balaban J connectivity index is 3.22. The first-order chi connectivity index (χ1) is 10.6. The van der Waals surface area contributed by atoms with Crippen LogP contribution in [0.2, 0.25) is 0 Å². The van der Waals surface area contributed by atoms with Gasteiger partial charge in [-0.05, 0) is 18.4 Å². The molecule has 0 spiro atoms. The molecule has 1 unspecified atom stereocenters. The fourth-order valence-corrected chi connectivity index (χ4v) is 1.98. The van der Waals surface area contributed by atoms with Gasteiger partial charge in [0.25, 0.3) is 5.91 Å². The molecule has 1 aromatic carbocycles. The lowest BCUT2D eigenvalue weighted by molar-refractivity contribution is -0.422. The Kier molecular flexibility index (Phi) is 5.71. The highest BCUT2D eigenvalue weighted by atomic mass is 16.6. The molecule has 0 aliphatic rings. The number of para-hydroxylation sites is 1. The Morgan fingerprint density at radius 3 is 2.26 bits per heavy atom. The molecule has 23 heavy (non-hydrogen) atoms. The number of amides is 1. The van der Waals surface area contributed by atoms with Gasteiger partial charge in [-0.1, -0.05) is 19.9 Å². The lowest BCUT2D eigenvalue weighted by Crippen LogP contribution is -2.41. The minimum Gasteiger partial charge on any atom is -0.480 e. The van der Waals surface area contributed by atoms with Gasteiger partial charge >= 0.3 is 17.3 Å². The Bertz CT molecular complexity index is 657. The largest absolute Gasteiger partial charge is 0.480 e. The van der Waals surface area contributed by atoms with Gasteiger partial charge in [0.05, 0.1) is 9.85 Å². The molecule has 0 aliphatic heterocycles. The van der Waals surface area contributed by atoms with Crippen molar-refractivity contribution < 1.29 is 24.5 Å². The summed E-state index contributed by atoms with van der Waals surface area (Å²) in [6, 6.07) is 1.81. The number of aliphatic carboxylic acids is 1. The monoisotopic (exact) mass is 325 g/mol. The molecule has 0 aliphatic carbocycles. The van der Waals surface area contributed by atoms with Gasteiger partial charge in [-0.2, -0.15) is 0 Å². The summed E-state index contributed by atoms with van der Waals surface area (Å²) in [5.74, 6) is -2.38. The summed E-state index contributed by atoms with van der Waals surface area (Å²) in [6.07, 6.45) is 0.115. The summed E-state index contributed by atoms with van der Waals surface area (Å²) < 4.78 is 0. The number of nitrogens with zero attached hydrogens (tertiary/aromatic N) is 2. The molecule has 2 N–H and O–H groups in total. The maximum Gasteiger partial charge on any atom is 0.358 e. The van der Waals surface area contributed by atoms with E-state index in [0.717, 1.165) is 18.2 Å². The van der Waals surface area contributed by atoms with E-state index in [0.29, 0.717) is 0 Å². The first-order valence-electron chi connectivity index (χ1n) is 6.60. The van der Waals surface area contributed by atoms with Gasteiger partial charge in [0.2, 0.25) is 0 Å². The number of carboxylic acids is 1. The van der Waals surface area contributed by atoms with Crippen LogP contribution in [0.4, 0.5) is 11.4 Å². The van der Waals surface area contributed by atoms with Crippen LogP contribution in [0.3, 0.4) is 0 Å². The molecule has 1 rings (SSSR count). The van der Waals surface area contributed by atoms with Crippen LogP contribution in [0, 0.1) is 26.1 Å². The van der Waals surface area contributed by atoms with Crippen molar-refractivity contribution in [3.63, 3.8) is 0 Å². The molecular formula is C13H15N3O7. The van der Waals surface area contributed by atoms with E-state index in [4.69, 9.17) is 5.11 Å². The summed E-state index contributed by atoms with van der Waals surface area (Å²) in [5.41, 5.74) is -2.36. The number of nitrogens with one attached hydrogen (secondary N) is 1. The van der Waals surface area contributed by atoms with E-state index in [2.05, 4.69) is 5.32 Å². The molecule has 0 saturated carbocycles. The zero-order valence-corrected chi connectivity index (χ0v) is 12.4. The highest BCUT2D eigenvalue weighted by Gasteiger charge is 2.33. The van der Waals surface area contributed by atoms with Crippen molar-refractivity contribution in [1.82, 2.24) is 5.32 Å². The van der Waals surface area contributed by atoms with E-state index in [1.807, 2.05) is 0 Å². The number of carbonyl (C=O) groups excluding carboxylic acids is 1. The van der Waals surface area contributed by atoms with Gasteiger partial charge in [-0.3, -0.25) is 25.0 Å². The molecule has 0 radical (unpaired) electrons. The van der Waals surface area contributed by atoms with Crippen molar-refractivity contribution in [3.05, 3.63) is 44.0 Å². The lowest BCUT2D eigenvalue weighted by Gasteiger charge is -2.16. The average molecular weight is 325 g/mol. The zero-order chi connectivity index (χ0) is 17.7. The highest BCUT2D eigenvalue weighted by molar-refractivity contribution is 6.01. The van der Waals surface area contributed by atoms with Crippen LogP contribution < -0.4 is 5.32 Å². The highest BCUT2D eigenvalue weighted by Crippen LogP contribution is 2.30. The molecule has 10 nitrogen and oxygen atoms in total. The molecule has 0 aromatic heterocycles. The summed E-state index contributed by atoms with van der Waals surface area (Å²) in [6.45, 7) is 3.50. The van der Waals surface area contributed by atoms with E-state index in [-0.39, 0.29) is 12.3 Å². The quantitative estimate of drug-likeness (QED) is 0.571. The van der Waals surface area contributed by atoms with Crippen LogP contribution in [0.25, 0.3) is 0 Å². The fraction of sp³-hybridized carbons (Fsp3) is 0.385. The summed E-state index contributed by atoms with van der Waals surface area (Å²) in [7, 11) is 0. The third-order valence-electron chi connectivity index (χ3n) is 2.95. The standard InChI is InChI=1S/C13H15N3O7/c1-7(2)6-9(13(18)19)14-12(17)8-4-3-5-10(15(20)21)11(8)16(22)23/h3-5,7,9H,6H2,1-2H3,(H,14,17)(H,18,19). The number of nitro groups is 2. The third-order valence-corrected chi connectivity index (χ3v) is 2.95. The van der Waals surface area contributed by atoms with Crippen molar-refractivity contribution >= 4 is 23.3 Å². The first kappa shape index (κ1) is 18.0. The topological polar surface area (TPSA) is 153 Å². The number of benzene rings is 1. The lowest BCUT2D eigenvalue weighted by atomic mass is 10.0. The van der Waals surface area contributed by atoms with Gasteiger partial charge in [-0.25, -0.2) is 4.79 Å². The Morgan fingerprint density at radius 1 is 1.22 bits per heavy atom. The smallest absolute Gasteiger partial charge is 0.358 e. The number of carbonyl (C=O) groups is 2. The SMILES string of the molecule is CC(C)CC(NC(=O)c1cccc([N+](=O)[O-])c1[N+](=O)[O-])C(=O)O. The normalized spacial score (nSPS) is 11.8. The van der Waals surface area contributed by atoms with Crippen LogP contribution in [0.5, 0.6) is 0 Å². The second-order valence-corrected chi connectivity index (χ2v) is 5.18. The second-order valence-electron chi connectivity index (χ2n) is 5.18. The van der Waals surface area contributed by atoms with E-state index in [9.17, 15) is 29.8 Å². The average Bonchev–Trinajstić information content (AvgIpc) is 2.44. The summed E-state index contributed by atoms with van der Waals surface area (Å²) in [5, 5.41) is 33.1. The molecule has 1 atom stereocenters. The summed E-state index contributed by atoms with van der Waals surface area (Å²) >= 11 is 0. The van der Waals surface area contributed by atoms with Crippen LogP contribution in [0.1, 0.15) is 30.6 Å². The third kappa shape index (κ3) is 4.46. The van der Waals surface area contributed by atoms with Gasteiger partial charge in [0.1, 0.15) is 11.6 Å². The molecule has 1 amide bonds. The second kappa shape index (κ2) is 7.29. The van der Waals surface area contributed by atoms with Crippen molar-refractivity contribution in [1.29, 1.82) is 0 Å². The predicted molar refractivity (Wildman–Crippen MR) is 78.1 cm³/mol. The van der Waals surface area contributed by atoms with Gasteiger partial charge < -0.3 is 10.4 Å². The van der Waals surface area contributed by atoms with E-state index in [1.165, 1.54) is 0 Å². The molecule has 0 heterocycles. The van der Waals surface area contributed by atoms with Gasteiger partial charge in [0, 0.05) is 6.07 Å². The number of nitro benzene ring substituents is 2. The minimum atomic E-state index is -1.29. The molecule has 0 saturated heterocycles. The minimum absolute atomic E-state index is 0.0449. The summed E-state index contributed by atoms with van der Waals surface area (Å²) in [4.78, 5) is 43.2. The van der Waals surface area contributed by atoms with Crippen LogP contribution >= 0.6 is 0 Å². The number of rotatable bonds is 7. The molecule has 10 heteroatoms. The van der Waals surface area contributed by atoms with Crippen molar-refractivity contribution in [3.8, 4) is 0 Å². The molecule has 0 fully saturated rings. The van der Waals surface area contributed by atoms with E-state index in [1.54, 1.807) is 13.8 Å². The van der Waals surface area contributed by atoms with E-state index >= 15 is 0 Å². The first-order valence-corrected chi connectivity index (χ1v) is 6.60. The van der Waals surface area contributed by atoms with Gasteiger partial charge in [-0.15, -0.1) is 0 Å². The number of hydrogen-bond acceptors (Lipinski definition) is 6. The Labute approximate surface area is 130 Å². The molecular weight excluding hydrogens is 310 g/mol.